The summed E-state index contributed by atoms with van der Waals surface area (Å²) in [6.07, 6.45) is 0.777. The molecule has 1 fully saturated rings. The zero-order valence-corrected chi connectivity index (χ0v) is 11.1. The lowest BCUT2D eigenvalue weighted by Crippen LogP contribution is -2.26. The second kappa shape index (κ2) is 4.82. The maximum absolute atomic E-state index is 11.3. The molecule has 0 amide bonds. The van der Waals surface area contributed by atoms with E-state index in [-0.39, 0.29) is 12.0 Å². The predicted octanol–water partition coefficient (Wildman–Crippen LogP) is 1.67. The van der Waals surface area contributed by atoms with Crippen LogP contribution >= 0.6 is 0 Å². The first kappa shape index (κ1) is 12.6. The van der Waals surface area contributed by atoms with Gasteiger partial charge >= 0.3 is 0 Å². The molecule has 96 valence electrons. The number of nitrogens with one attached hydrogen (secondary N) is 1. The monoisotopic (exact) mass is 257 g/mol. The van der Waals surface area contributed by atoms with Gasteiger partial charge in [0, 0.05) is 0 Å². The van der Waals surface area contributed by atoms with Crippen LogP contribution in [0.3, 0.4) is 0 Å². The van der Waals surface area contributed by atoms with Crippen molar-refractivity contribution in [1.29, 1.82) is 0 Å². The van der Waals surface area contributed by atoms with E-state index in [1.807, 2.05) is 26.0 Å². The molecule has 1 aliphatic heterocycles. The lowest BCUT2D eigenvalue weighted by molar-refractivity contribution is 0.396. The Kier molecular flexibility index (Phi) is 3.58. The second-order valence-electron chi connectivity index (χ2n) is 4.85. The summed E-state index contributed by atoms with van der Waals surface area (Å²) in [5.74, 6) is 2.72. The van der Waals surface area contributed by atoms with Crippen LogP contribution in [0.25, 0.3) is 0 Å². The van der Waals surface area contributed by atoms with Gasteiger partial charge < -0.3 is 9.73 Å². The molecular formula is C12H19NO3S. The van der Waals surface area contributed by atoms with Crippen LogP contribution in [0.4, 0.5) is 0 Å². The molecule has 2 rings (SSSR count). The quantitative estimate of drug-likeness (QED) is 0.891. The maximum Gasteiger partial charge on any atom is 0.150 e. The third-order valence-corrected chi connectivity index (χ3v) is 5.06. The Morgan fingerprint density at radius 2 is 2.29 bits per heavy atom. The molecule has 0 bridgehead atoms. The zero-order chi connectivity index (χ0) is 12.5. The van der Waals surface area contributed by atoms with E-state index in [9.17, 15) is 8.42 Å². The summed E-state index contributed by atoms with van der Waals surface area (Å²) >= 11 is 0. The number of rotatable bonds is 4. The van der Waals surface area contributed by atoms with Gasteiger partial charge in [0.1, 0.15) is 11.5 Å². The van der Waals surface area contributed by atoms with Gasteiger partial charge in [-0.05, 0) is 44.9 Å². The average Bonchev–Trinajstić information content (AvgIpc) is 2.81. The third kappa shape index (κ3) is 3.33. The molecule has 0 spiro atoms. The maximum atomic E-state index is 11.3. The molecule has 2 unspecified atom stereocenters. The Morgan fingerprint density at radius 3 is 2.82 bits per heavy atom. The van der Waals surface area contributed by atoms with E-state index in [2.05, 4.69) is 5.32 Å². The Labute approximate surface area is 102 Å². The molecule has 1 aromatic rings. The normalized spacial score (nSPS) is 24.9. The van der Waals surface area contributed by atoms with Crippen LogP contribution in [0.2, 0.25) is 0 Å². The molecule has 1 aromatic heterocycles. The molecule has 1 N–H and O–H groups in total. The van der Waals surface area contributed by atoms with Crippen molar-refractivity contribution in [3.63, 3.8) is 0 Å². The standard InChI is InChI=1S/C12H19NO3S/c1-9-3-4-12(16-9)10(2)13-7-11-5-6-17(14,15)8-11/h3-4,10-11,13H,5-8H2,1-2H3. The molecular weight excluding hydrogens is 238 g/mol. The first-order valence-electron chi connectivity index (χ1n) is 5.96. The molecule has 0 aliphatic carbocycles. The van der Waals surface area contributed by atoms with E-state index in [1.54, 1.807) is 0 Å². The fourth-order valence-electron chi connectivity index (χ4n) is 2.16. The summed E-state index contributed by atoms with van der Waals surface area (Å²) in [4.78, 5) is 0. The average molecular weight is 257 g/mol. The molecule has 4 nitrogen and oxygen atoms in total. The minimum atomic E-state index is -2.77. The van der Waals surface area contributed by atoms with Crippen molar-refractivity contribution in [2.75, 3.05) is 18.1 Å². The summed E-state index contributed by atoms with van der Waals surface area (Å²) in [7, 11) is -2.77. The Balaban J connectivity index is 1.83. The smallest absolute Gasteiger partial charge is 0.150 e. The summed E-state index contributed by atoms with van der Waals surface area (Å²) in [6.45, 7) is 4.68. The van der Waals surface area contributed by atoms with E-state index < -0.39 is 9.84 Å². The van der Waals surface area contributed by atoms with Gasteiger partial charge in [0.25, 0.3) is 0 Å². The van der Waals surface area contributed by atoms with Crippen molar-refractivity contribution < 1.29 is 12.8 Å². The SMILES string of the molecule is Cc1ccc(C(C)NCC2CCS(=O)(=O)C2)o1. The van der Waals surface area contributed by atoms with Crippen molar-refractivity contribution in [3.05, 3.63) is 23.7 Å². The van der Waals surface area contributed by atoms with Crippen molar-refractivity contribution in [3.8, 4) is 0 Å². The van der Waals surface area contributed by atoms with Crippen LogP contribution in [0.5, 0.6) is 0 Å². The highest BCUT2D eigenvalue weighted by Crippen LogP contribution is 2.20. The van der Waals surface area contributed by atoms with Crippen molar-refractivity contribution >= 4 is 9.84 Å². The molecule has 0 saturated carbocycles. The van der Waals surface area contributed by atoms with Gasteiger partial charge in [0.2, 0.25) is 0 Å². The molecule has 17 heavy (non-hydrogen) atoms. The third-order valence-electron chi connectivity index (χ3n) is 3.23. The Morgan fingerprint density at radius 1 is 1.53 bits per heavy atom. The van der Waals surface area contributed by atoms with Gasteiger partial charge in [-0.15, -0.1) is 0 Å². The molecule has 2 atom stereocenters. The number of sulfone groups is 1. The minimum Gasteiger partial charge on any atom is -0.465 e. The van der Waals surface area contributed by atoms with Crippen molar-refractivity contribution in [2.24, 2.45) is 5.92 Å². The lowest BCUT2D eigenvalue weighted by atomic mass is 10.1. The van der Waals surface area contributed by atoms with Crippen molar-refractivity contribution in [1.82, 2.24) is 5.32 Å². The fraction of sp³-hybridized carbons (Fsp3) is 0.667. The molecule has 0 radical (unpaired) electrons. The fourth-order valence-corrected chi connectivity index (χ4v) is 4.03. The van der Waals surface area contributed by atoms with Crippen LogP contribution < -0.4 is 5.32 Å². The van der Waals surface area contributed by atoms with Crippen LogP contribution in [-0.4, -0.2) is 26.5 Å². The molecule has 0 aromatic carbocycles. The summed E-state index contributed by atoms with van der Waals surface area (Å²) in [6, 6.07) is 4.03. The van der Waals surface area contributed by atoms with Crippen LogP contribution in [-0.2, 0) is 9.84 Å². The number of aryl methyl sites for hydroxylation is 1. The van der Waals surface area contributed by atoms with E-state index >= 15 is 0 Å². The van der Waals surface area contributed by atoms with Crippen LogP contribution in [0.15, 0.2) is 16.5 Å². The Hall–Kier alpha value is -0.810. The second-order valence-corrected chi connectivity index (χ2v) is 7.08. The largest absolute Gasteiger partial charge is 0.465 e. The topological polar surface area (TPSA) is 59.3 Å². The van der Waals surface area contributed by atoms with E-state index in [0.29, 0.717) is 11.5 Å². The van der Waals surface area contributed by atoms with E-state index in [0.717, 1.165) is 24.5 Å². The van der Waals surface area contributed by atoms with Gasteiger partial charge in [0.15, 0.2) is 9.84 Å². The highest BCUT2D eigenvalue weighted by Gasteiger charge is 2.27. The minimum absolute atomic E-state index is 0.131. The highest BCUT2D eigenvalue weighted by atomic mass is 32.2. The van der Waals surface area contributed by atoms with Gasteiger partial charge in [0.05, 0.1) is 17.5 Å². The van der Waals surface area contributed by atoms with Crippen LogP contribution in [0.1, 0.15) is 30.9 Å². The van der Waals surface area contributed by atoms with Gasteiger partial charge in [-0.25, -0.2) is 8.42 Å². The zero-order valence-electron chi connectivity index (χ0n) is 10.3. The molecule has 2 heterocycles. The molecule has 5 heteroatoms. The summed E-state index contributed by atoms with van der Waals surface area (Å²) in [5, 5.41) is 3.33. The van der Waals surface area contributed by atoms with E-state index in [4.69, 9.17) is 4.42 Å². The number of hydrogen-bond donors (Lipinski definition) is 1. The van der Waals surface area contributed by atoms with E-state index in [1.165, 1.54) is 0 Å². The number of furan rings is 1. The number of hydrogen-bond acceptors (Lipinski definition) is 4. The van der Waals surface area contributed by atoms with Gasteiger partial charge in [-0.2, -0.15) is 0 Å². The summed E-state index contributed by atoms with van der Waals surface area (Å²) in [5.41, 5.74) is 0. The van der Waals surface area contributed by atoms with Crippen molar-refractivity contribution in [2.45, 2.75) is 26.3 Å². The highest BCUT2D eigenvalue weighted by molar-refractivity contribution is 7.91. The van der Waals surface area contributed by atoms with Gasteiger partial charge in [-0.3, -0.25) is 0 Å². The first-order valence-corrected chi connectivity index (χ1v) is 7.78. The molecule has 1 aliphatic rings. The first-order chi connectivity index (χ1) is 7.96. The summed E-state index contributed by atoms with van der Waals surface area (Å²) < 4.78 is 28.1. The lowest BCUT2D eigenvalue weighted by Gasteiger charge is -2.14. The van der Waals surface area contributed by atoms with Gasteiger partial charge in [-0.1, -0.05) is 0 Å². The predicted molar refractivity (Wildman–Crippen MR) is 66.6 cm³/mol. The molecule has 1 saturated heterocycles. The van der Waals surface area contributed by atoms with Crippen LogP contribution in [0, 0.1) is 12.8 Å². The Bertz CT molecular complexity index is 478.